The molecule has 5 aliphatic heterocycles. The predicted octanol–water partition coefficient (Wildman–Crippen LogP) is 4.57. The van der Waals surface area contributed by atoms with Crippen LogP contribution in [-0.4, -0.2) is 126 Å². The van der Waals surface area contributed by atoms with Crippen molar-refractivity contribution >= 4 is 46.6 Å². The maximum atomic E-state index is 14.0. The molecule has 2 atom stereocenters. The first-order valence-electron chi connectivity index (χ1n) is 25.3. The first-order valence-corrected chi connectivity index (χ1v) is 25.3. The molecule has 1 saturated carbocycles. The van der Waals surface area contributed by atoms with E-state index in [1.807, 2.05) is 30.5 Å². The fourth-order valence-corrected chi connectivity index (χ4v) is 12.7. The third-order valence-corrected chi connectivity index (χ3v) is 16.6. The standard InChI is InChI=1S/C54H61N11O6/c1-31-25-60(38-20-39(21-38)61-27-36(28-61)32-5-7-41-34(17-32)29-65(51(41)69)44-8-10-48(67)58-50(44)68)13-14-62(31)37-6-9-47(56-24-37)57-43-18-35(26-59(4)52(43)70)40-11-12-55-49(42(40)30-66)64-16-15-63-45(53(64)71)19-33-22-54(2,3)23-46(33)63/h5-7,9,11-12,17-19,24,26,31,36,38-39,44,66H,8,10,13-16,20-23,25,27-30H2,1-4H3,(H,56,57)(H,58,67,68)/t31-,38?,39?,44?/m0/s1. The van der Waals surface area contributed by atoms with Crippen molar-refractivity contribution in [2.45, 2.75) is 109 Å². The maximum Gasteiger partial charge on any atom is 0.276 e. The van der Waals surface area contributed by atoms with Crippen LogP contribution in [0, 0.1) is 5.41 Å². The number of piperidine rings is 1. The third-order valence-electron chi connectivity index (χ3n) is 16.6. The van der Waals surface area contributed by atoms with E-state index in [4.69, 9.17) is 4.98 Å². The molecule has 4 aromatic heterocycles. The second-order valence-electron chi connectivity index (χ2n) is 21.8. The van der Waals surface area contributed by atoms with Crippen LogP contribution in [-0.2, 0) is 49.2 Å². The number of hydrogen-bond acceptors (Lipinski definition) is 12. The highest BCUT2D eigenvalue weighted by atomic mass is 16.3. The lowest BCUT2D eigenvalue weighted by Gasteiger charge is -2.55. The Morgan fingerprint density at radius 2 is 1.65 bits per heavy atom. The molecule has 0 spiro atoms. The molecule has 0 bridgehead atoms. The summed E-state index contributed by atoms with van der Waals surface area (Å²) in [6.07, 6.45) is 10.1. The Labute approximate surface area is 412 Å². The molecule has 5 aromatic rings. The SMILES string of the molecule is C[C@H]1CN(C2CC(N3CC(c4ccc5c(c4)CN(C4CCC(=O)NC4=O)C5=O)C3)C2)CCN1c1ccc(Nc2cc(-c3ccnc(N4CCn5c(cc6c5CC(C)(C)C6)C4=O)c3CO)cn(C)c2=O)nc1. The largest absolute Gasteiger partial charge is 0.392 e. The van der Waals surface area contributed by atoms with Crippen molar-refractivity contribution in [3.05, 3.63) is 117 Å². The number of benzene rings is 1. The van der Waals surface area contributed by atoms with Gasteiger partial charge in [0.05, 0.1) is 18.5 Å². The first kappa shape index (κ1) is 45.4. The van der Waals surface area contributed by atoms with Gasteiger partial charge < -0.3 is 29.4 Å². The topological polar surface area (TPSA) is 181 Å². The summed E-state index contributed by atoms with van der Waals surface area (Å²) in [4.78, 5) is 85.3. The van der Waals surface area contributed by atoms with Gasteiger partial charge in [0.2, 0.25) is 11.8 Å². The monoisotopic (exact) mass is 959 g/mol. The lowest BCUT2D eigenvalue weighted by molar-refractivity contribution is -0.136. The van der Waals surface area contributed by atoms with Gasteiger partial charge in [-0.3, -0.25) is 44.0 Å². The minimum atomic E-state index is -0.599. The average Bonchev–Trinajstić information content (AvgIpc) is 3.94. The number of piperazine rings is 1. The second-order valence-corrected chi connectivity index (χ2v) is 21.8. The summed E-state index contributed by atoms with van der Waals surface area (Å²) in [6, 6.07) is 16.6. The van der Waals surface area contributed by atoms with Crippen molar-refractivity contribution in [3.8, 4) is 11.1 Å². The van der Waals surface area contributed by atoms with Gasteiger partial charge in [-0.05, 0) is 103 Å². The minimum absolute atomic E-state index is 0.124. The van der Waals surface area contributed by atoms with Crippen LogP contribution in [0.4, 0.5) is 23.0 Å². The number of hydrogen-bond donors (Lipinski definition) is 3. The Morgan fingerprint density at radius 3 is 2.41 bits per heavy atom. The van der Waals surface area contributed by atoms with Gasteiger partial charge in [-0.15, -0.1) is 0 Å². The Hall–Kier alpha value is -6.69. The van der Waals surface area contributed by atoms with Crippen LogP contribution in [0.25, 0.3) is 11.1 Å². The van der Waals surface area contributed by atoms with Crippen molar-refractivity contribution in [3.63, 3.8) is 0 Å². The molecule has 4 fully saturated rings. The number of anilines is 4. The van der Waals surface area contributed by atoms with Gasteiger partial charge >= 0.3 is 0 Å². The Kier molecular flexibility index (Phi) is 11.1. The van der Waals surface area contributed by atoms with Crippen molar-refractivity contribution in [1.82, 2.24) is 39.1 Å². The number of fused-ring (bicyclic) bond motifs is 4. The summed E-state index contributed by atoms with van der Waals surface area (Å²) in [7, 11) is 1.70. The van der Waals surface area contributed by atoms with Crippen LogP contribution < -0.4 is 26.0 Å². The van der Waals surface area contributed by atoms with Crippen molar-refractivity contribution in [2.75, 3.05) is 54.4 Å². The summed E-state index contributed by atoms with van der Waals surface area (Å²) in [5.74, 6) is 0.483. The van der Waals surface area contributed by atoms with E-state index in [9.17, 15) is 29.1 Å². The fraction of sp³-hybridized carbons (Fsp3) is 0.463. The summed E-state index contributed by atoms with van der Waals surface area (Å²) >= 11 is 0. The molecule has 12 rings (SSSR count). The van der Waals surface area contributed by atoms with E-state index in [1.165, 1.54) is 34.2 Å². The number of nitrogens with zero attached hydrogens (tertiary/aromatic N) is 9. The van der Waals surface area contributed by atoms with Crippen molar-refractivity contribution in [2.24, 2.45) is 12.5 Å². The number of aliphatic hydroxyl groups excluding tert-OH is 1. The molecule has 17 nitrogen and oxygen atoms in total. The third kappa shape index (κ3) is 7.92. The highest BCUT2D eigenvalue weighted by Crippen LogP contribution is 2.42. The lowest BCUT2D eigenvalue weighted by Crippen LogP contribution is -2.63. The van der Waals surface area contributed by atoms with E-state index in [1.54, 1.807) is 35.3 Å². The zero-order valence-electron chi connectivity index (χ0n) is 40.9. The number of rotatable bonds is 10. The van der Waals surface area contributed by atoms with E-state index in [0.29, 0.717) is 95.4 Å². The number of imide groups is 1. The smallest absolute Gasteiger partial charge is 0.276 e. The molecule has 4 amide bonds. The Morgan fingerprint density at radius 1 is 0.831 bits per heavy atom. The molecular weight excluding hydrogens is 899 g/mol. The van der Waals surface area contributed by atoms with E-state index in [-0.39, 0.29) is 47.6 Å². The van der Waals surface area contributed by atoms with E-state index < -0.39 is 6.04 Å². The number of aliphatic hydroxyl groups is 1. The van der Waals surface area contributed by atoms with Gasteiger partial charge in [0.1, 0.15) is 29.1 Å². The highest BCUT2D eigenvalue weighted by molar-refractivity contribution is 6.07. The molecule has 1 aromatic carbocycles. The zero-order chi connectivity index (χ0) is 49.0. The van der Waals surface area contributed by atoms with Crippen LogP contribution in [0.3, 0.4) is 0 Å². The Balaban J connectivity index is 0.645. The molecule has 71 heavy (non-hydrogen) atoms. The van der Waals surface area contributed by atoms with Crippen molar-refractivity contribution < 1.29 is 24.3 Å². The molecule has 368 valence electrons. The molecule has 3 saturated heterocycles. The maximum absolute atomic E-state index is 14.0. The Bertz CT molecular complexity index is 3080. The molecule has 1 unspecified atom stereocenters. The van der Waals surface area contributed by atoms with E-state index >= 15 is 0 Å². The summed E-state index contributed by atoms with van der Waals surface area (Å²) < 4.78 is 3.68. The molecule has 17 heteroatoms. The number of aromatic nitrogens is 4. The molecule has 2 aliphatic carbocycles. The first-order chi connectivity index (χ1) is 34.2. The number of nitrogens with one attached hydrogen (secondary N) is 2. The summed E-state index contributed by atoms with van der Waals surface area (Å²) in [5.41, 5.74) is 9.28. The van der Waals surface area contributed by atoms with Crippen LogP contribution in [0.1, 0.15) is 101 Å². The van der Waals surface area contributed by atoms with Crippen LogP contribution >= 0.6 is 0 Å². The minimum Gasteiger partial charge on any atom is -0.392 e. The number of likely N-dealkylation sites (tertiary alicyclic amines) is 1. The van der Waals surface area contributed by atoms with Gasteiger partial charge in [-0.25, -0.2) is 9.97 Å². The van der Waals surface area contributed by atoms with Crippen LogP contribution in [0.5, 0.6) is 0 Å². The molecule has 7 aliphatic rings. The number of pyridine rings is 3. The van der Waals surface area contributed by atoms with Crippen LogP contribution in [0.2, 0.25) is 0 Å². The molecule has 9 heterocycles. The van der Waals surface area contributed by atoms with Gasteiger partial charge in [-0.1, -0.05) is 26.0 Å². The van der Waals surface area contributed by atoms with E-state index in [0.717, 1.165) is 56.8 Å². The van der Waals surface area contributed by atoms with Crippen molar-refractivity contribution in [1.29, 1.82) is 0 Å². The predicted molar refractivity (Wildman–Crippen MR) is 268 cm³/mol. The number of carbonyl (C=O) groups excluding carboxylic acids is 4. The number of carbonyl (C=O) groups is 4. The summed E-state index contributed by atoms with van der Waals surface area (Å²) in [6.45, 7) is 12.8. The quantitative estimate of drug-likeness (QED) is 0.166. The molecule has 0 radical (unpaired) electrons. The van der Waals surface area contributed by atoms with Gasteiger partial charge in [0.15, 0.2) is 0 Å². The van der Waals surface area contributed by atoms with Gasteiger partial charge in [-0.2, -0.15) is 0 Å². The van der Waals surface area contributed by atoms with Gasteiger partial charge in [0.25, 0.3) is 17.4 Å². The fourth-order valence-electron chi connectivity index (χ4n) is 12.7. The van der Waals surface area contributed by atoms with E-state index in [2.05, 4.69) is 73.9 Å². The number of aryl methyl sites for hydroxylation is 1. The number of amides is 4. The normalized spacial score (nSPS) is 24.4. The highest BCUT2D eigenvalue weighted by Gasteiger charge is 2.45. The summed E-state index contributed by atoms with van der Waals surface area (Å²) in [5, 5.41) is 16.5. The average molecular weight is 960 g/mol. The zero-order valence-corrected chi connectivity index (χ0v) is 40.9. The lowest BCUT2D eigenvalue weighted by atomic mass is 9.79. The molecule has 3 N–H and O–H groups in total. The van der Waals surface area contributed by atoms with Crippen LogP contribution in [0.15, 0.2) is 71.9 Å². The second kappa shape index (κ2) is 17.3. The van der Waals surface area contributed by atoms with Gasteiger partial charge in [0, 0.05) is 125 Å². The molecular formula is C54H61N11O6.